The molecule has 0 aliphatic heterocycles. The van der Waals surface area contributed by atoms with Gasteiger partial charge in [0.05, 0.1) is 19.4 Å². The lowest BCUT2D eigenvalue weighted by molar-refractivity contribution is -0.157. The third kappa shape index (κ3) is 11.6. The summed E-state index contributed by atoms with van der Waals surface area (Å²) in [6.07, 6.45) is 1.40. The van der Waals surface area contributed by atoms with E-state index in [0.29, 0.717) is 12.8 Å². The summed E-state index contributed by atoms with van der Waals surface area (Å²) in [5.41, 5.74) is 0. The normalized spacial score (nSPS) is 11.3. The molecule has 0 aromatic rings. The molecular formula is C14H22O7. The van der Waals surface area contributed by atoms with Crippen molar-refractivity contribution in [3.63, 3.8) is 0 Å². The Balaban J connectivity index is 3.71. The van der Waals surface area contributed by atoms with Crippen molar-refractivity contribution in [1.82, 2.24) is 0 Å². The van der Waals surface area contributed by atoms with Crippen molar-refractivity contribution in [1.29, 1.82) is 0 Å². The zero-order chi connectivity index (χ0) is 16.1. The molecule has 0 heterocycles. The third-order valence-electron chi connectivity index (χ3n) is 2.31. The molecule has 0 aliphatic rings. The van der Waals surface area contributed by atoms with Gasteiger partial charge in [0.2, 0.25) is 0 Å². The van der Waals surface area contributed by atoms with Crippen LogP contribution in [0, 0.1) is 0 Å². The number of esters is 3. The fourth-order valence-electron chi connectivity index (χ4n) is 1.25. The number of carbonyl (C=O) groups is 3. The maximum Gasteiger partial charge on any atom is 0.330 e. The first-order valence-electron chi connectivity index (χ1n) is 6.74. The minimum Gasteiger partial charge on any atom is -0.466 e. The molecule has 0 aromatic heterocycles. The van der Waals surface area contributed by atoms with Gasteiger partial charge in [0.1, 0.15) is 12.7 Å². The van der Waals surface area contributed by atoms with E-state index in [0.717, 1.165) is 6.08 Å². The van der Waals surface area contributed by atoms with E-state index in [1.54, 1.807) is 6.92 Å². The van der Waals surface area contributed by atoms with Gasteiger partial charge in [-0.3, -0.25) is 9.59 Å². The summed E-state index contributed by atoms with van der Waals surface area (Å²) < 4.78 is 14.5. The summed E-state index contributed by atoms with van der Waals surface area (Å²) in [6.45, 7) is 5.02. The molecule has 0 aromatic carbocycles. The number of unbranched alkanes of at least 4 members (excludes halogenated alkanes) is 1. The first kappa shape index (κ1) is 19.1. The van der Waals surface area contributed by atoms with Crippen molar-refractivity contribution in [2.45, 2.75) is 38.7 Å². The van der Waals surface area contributed by atoms with Gasteiger partial charge in [-0.2, -0.15) is 0 Å². The average molecular weight is 302 g/mol. The van der Waals surface area contributed by atoms with Crippen molar-refractivity contribution in [2.75, 3.05) is 19.8 Å². The van der Waals surface area contributed by atoms with Gasteiger partial charge in [-0.15, -0.1) is 0 Å². The van der Waals surface area contributed by atoms with E-state index in [4.69, 9.17) is 19.3 Å². The number of carbonyl (C=O) groups excluding carboxylic acids is 3. The Bertz CT molecular complexity index is 351. The minimum atomic E-state index is -0.595. The van der Waals surface area contributed by atoms with E-state index in [-0.39, 0.29) is 32.7 Å². The molecule has 0 spiro atoms. The molecule has 0 fully saturated rings. The van der Waals surface area contributed by atoms with Gasteiger partial charge < -0.3 is 19.3 Å². The van der Waals surface area contributed by atoms with Crippen molar-refractivity contribution >= 4 is 17.9 Å². The van der Waals surface area contributed by atoms with Crippen molar-refractivity contribution in [3.05, 3.63) is 12.7 Å². The number of aliphatic hydroxyl groups excluding tert-OH is 1. The summed E-state index contributed by atoms with van der Waals surface area (Å²) in [5, 5.41) is 8.55. The molecular weight excluding hydrogens is 280 g/mol. The number of aliphatic hydroxyl groups is 1. The van der Waals surface area contributed by atoms with Crippen molar-refractivity contribution in [3.8, 4) is 0 Å². The highest BCUT2D eigenvalue weighted by molar-refractivity contribution is 5.81. The minimum absolute atomic E-state index is 0.0538. The first-order valence-corrected chi connectivity index (χ1v) is 6.74. The van der Waals surface area contributed by atoms with Gasteiger partial charge in [0.15, 0.2) is 0 Å². The lowest BCUT2D eigenvalue weighted by atomic mass is 10.3. The van der Waals surface area contributed by atoms with Crippen LogP contribution in [0.25, 0.3) is 0 Å². The van der Waals surface area contributed by atoms with Crippen LogP contribution in [0.5, 0.6) is 0 Å². The number of ether oxygens (including phenoxy) is 3. The maximum atomic E-state index is 11.4. The Labute approximate surface area is 123 Å². The van der Waals surface area contributed by atoms with Crippen molar-refractivity contribution in [2.24, 2.45) is 0 Å². The largest absolute Gasteiger partial charge is 0.466 e. The fourth-order valence-corrected chi connectivity index (χ4v) is 1.25. The molecule has 0 radical (unpaired) electrons. The van der Waals surface area contributed by atoms with Crippen LogP contribution in [0.3, 0.4) is 0 Å². The van der Waals surface area contributed by atoms with Gasteiger partial charge in [-0.1, -0.05) is 6.58 Å². The van der Waals surface area contributed by atoms with Crippen LogP contribution in [-0.2, 0) is 28.6 Å². The highest BCUT2D eigenvalue weighted by Crippen LogP contribution is 2.01. The molecule has 0 amide bonds. The van der Waals surface area contributed by atoms with Gasteiger partial charge in [-0.25, -0.2) is 4.79 Å². The number of hydrogen-bond donors (Lipinski definition) is 1. The van der Waals surface area contributed by atoms with Crippen LogP contribution >= 0.6 is 0 Å². The monoisotopic (exact) mass is 302 g/mol. The highest BCUT2D eigenvalue weighted by Gasteiger charge is 2.13. The Kier molecular flexibility index (Phi) is 10.8. The van der Waals surface area contributed by atoms with Crippen LogP contribution in [-0.4, -0.2) is 48.9 Å². The second-order valence-corrected chi connectivity index (χ2v) is 4.29. The summed E-state index contributed by atoms with van der Waals surface area (Å²) in [4.78, 5) is 33.5. The average Bonchev–Trinajstić information content (AvgIpc) is 2.47. The summed E-state index contributed by atoms with van der Waals surface area (Å²) in [7, 11) is 0. The summed E-state index contributed by atoms with van der Waals surface area (Å²) in [5.74, 6) is -1.65. The third-order valence-corrected chi connectivity index (χ3v) is 2.31. The SMILES string of the molecule is C=CC(=O)OCC(C)OC(=O)CCC(=O)OCCCCO. The van der Waals surface area contributed by atoms with Crippen LogP contribution in [0.15, 0.2) is 12.7 Å². The topological polar surface area (TPSA) is 99.1 Å². The van der Waals surface area contributed by atoms with E-state index in [1.165, 1.54) is 0 Å². The Morgan fingerprint density at radius 3 is 2.43 bits per heavy atom. The van der Waals surface area contributed by atoms with Crippen molar-refractivity contribution < 1.29 is 33.7 Å². The van der Waals surface area contributed by atoms with E-state index in [2.05, 4.69) is 6.58 Å². The zero-order valence-corrected chi connectivity index (χ0v) is 12.2. The lowest BCUT2D eigenvalue weighted by Gasteiger charge is -2.12. The predicted molar refractivity (Wildman–Crippen MR) is 73.2 cm³/mol. The standard InChI is InChI=1S/C14H22O7/c1-3-12(16)20-10-11(2)21-14(18)7-6-13(17)19-9-5-4-8-15/h3,11,15H,1,4-10H2,2H3. The summed E-state index contributed by atoms with van der Waals surface area (Å²) in [6, 6.07) is 0. The van der Waals surface area contributed by atoms with Crippen LogP contribution < -0.4 is 0 Å². The van der Waals surface area contributed by atoms with E-state index < -0.39 is 24.0 Å². The first-order chi connectivity index (χ1) is 9.99. The molecule has 0 aliphatic carbocycles. The quantitative estimate of drug-likeness (QED) is 0.260. The van der Waals surface area contributed by atoms with E-state index in [9.17, 15) is 14.4 Å². The van der Waals surface area contributed by atoms with Gasteiger partial charge in [-0.05, 0) is 19.8 Å². The Morgan fingerprint density at radius 1 is 1.14 bits per heavy atom. The second-order valence-electron chi connectivity index (χ2n) is 4.29. The molecule has 1 unspecified atom stereocenters. The van der Waals surface area contributed by atoms with Crippen LogP contribution in [0.1, 0.15) is 32.6 Å². The predicted octanol–water partition coefficient (Wildman–Crippen LogP) is 0.743. The van der Waals surface area contributed by atoms with Crippen LogP contribution in [0.4, 0.5) is 0 Å². The number of rotatable bonds is 11. The molecule has 0 saturated carbocycles. The van der Waals surface area contributed by atoms with Crippen LogP contribution in [0.2, 0.25) is 0 Å². The molecule has 1 N–H and O–H groups in total. The molecule has 21 heavy (non-hydrogen) atoms. The molecule has 0 bridgehead atoms. The lowest BCUT2D eigenvalue weighted by Crippen LogP contribution is -2.22. The molecule has 1 atom stereocenters. The van der Waals surface area contributed by atoms with Gasteiger partial charge in [0, 0.05) is 12.7 Å². The van der Waals surface area contributed by atoms with E-state index >= 15 is 0 Å². The second kappa shape index (κ2) is 11.9. The summed E-state index contributed by atoms with van der Waals surface area (Å²) >= 11 is 0. The smallest absolute Gasteiger partial charge is 0.330 e. The number of hydrogen-bond acceptors (Lipinski definition) is 7. The Hall–Kier alpha value is -1.89. The fraction of sp³-hybridized carbons (Fsp3) is 0.643. The van der Waals surface area contributed by atoms with Gasteiger partial charge >= 0.3 is 17.9 Å². The molecule has 0 saturated heterocycles. The van der Waals surface area contributed by atoms with Gasteiger partial charge in [0.25, 0.3) is 0 Å². The molecule has 0 rings (SSSR count). The Morgan fingerprint density at radius 2 is 1.81 bits per heavy atom. The molecule has 120 valence electrons. The maximum absolute atomic E-state index is 11.4. The zero-order valence-electron chi connectivity index (χ0n) is 12.2. The molecule has 7 heteroatoms. The molecule has 7 nitrogen and oxygen atoms in total. The highest BCUT2D eigenvalue weighted by atomic mass is 16.6. The van der Waals surface area contributed by atoms with E-state index in [1.807, 2.05) is 0 Å².